The van der Waals surface area contributed by atoms with Crippen LogP contribution in [0.25, 0.3) is 10.8 Å². The maximum absolute atomic E-state index is 13.6. The highest BCUT2D eigenvalue weighted by atomic mass is 32.1. The van der Waals surface area contributed by atoms with Crippen LogP contribution < -0.4 is 10.6 Å². The minimum Gasteiger partial charge on any atom is -0.459 e. The number of ether oxygens (including phenoxy) is 3. The van der Waals surface area contributed by atoms with Gasteiger partial charge in [-0.05, 0) is 95.8 Å². The van der Waals surface area contributed by atoms with Gasteiger partial charge in [-0.3, -0.25) is 9.69 Å². The lowest BCUT2D eigenvalue weighted by molar-refractivity contribution is -0.298. The third-order valence-corrected chi connectivity index (χ3v) is 12.1. The van der Waals surface area contributed by atoms with Crippen LogP contribution in [-0.4, -0.2) is 121 Å². The quantitative estimate of drug-likeness (QED) is 0.113. The van der Waals surface area contributed by atoms with Gasteiger partial charge in [0.05, 0.1) is 29.8 Å². The van der Waals surface area contributed by atoms with E-state index in [4.69, 9.17) is 26.4 Å². The van der Waals surface area contributed by atoms with Gasteiger partial charge in [0.2, 0.25) is 0 Å². The number of fused-ring (bicyclic) bond motifs is 1. The van der Waals surface area contributed by atoms with E-state index in [9.17, 15) is 30.3 Å². The molecule has 14 atom stereocenters. The number of rotatable bonds is 8. The normalized spacial score (nSPS) is 38.8. The highest BCUT2D eigenvalue weighted by molar-refractivity contribution is 7.80. The molecule has 0 aliphatic carbocycles. The monoisotopic (exact) mass is 789 g/mol. The summed E-state index contributed by atoms with van der Waals surface area (Å²) >= 11 is 5.64. The molecule has 310 valence electrons. The standard InChI is InChI=1S/C42H67N3O9S/c1-10-33-42(9,51)36(48)29(7)45(20-14-19-43-40(55)44-32-18-13-16-30-15-11-12-17-31(30)32)23-24(2)22-41(8,50)37(27(5)35(47)28(6)38(49)53-33)54-39-34(46)25(3)21-26(4)52-39/h11-13,15-18,24-29,33-37,39,46-48,50-51H,10,14,19-23H2,1-9H3,(H2,43,44,55)/t24-,25-,26+,27+,28-,29-,33-,34+,35+,36-,37-,39-,41-,42-/m1/s1. The summed E-state index contributed by atoms with van der Waals surface area (Å²) in [6.07, 6.45) is -5.27. The number of cyclic esters (lactones) is 1. The van der Waals surface area contributed by atoms with Crippen molar-refractivity contribution in [3.8, 4) is 0 Å². The number of hydrogen-bond donors (Lipinski definition) is 7. The predicted octanol–water partition coefficient (Wildman–Crippen LogP) is 4.58. The summed E-state index contributed by atoms with van der Waals surface area (Å²) in [6.45, 7) is 17.2. The predicted molar refractivity (Wildman–Crippen MR) is 218 cm³/mol. The maximum atomic E-state index is 13.6. The summed E-state index contributed by atoms with van der Waals surface area (Å²) in [4.78, 5) is 15.7. The van der Waals surface area contributed by atoms with Gasteiger partial charge >= 0.3 is 5.97 Å². The van der Waals surface area contributed by atoms with Crippen molar-refractivity contribution in [2.75, 3.05) is 25.0 Å². The lowest BCUT2D eigenvalue weighted by Gasteiger charge is -2.45. The van der Waals surface area contributed by atoms with E-state index in [0.29, 0.717) is 37.6 Å². The number of aliphatic hydroxyl groups is 5. The van der Waals surface area contributed by atoms with Gasteiger partial charge in [0.15, 0.2) is 11.4 Å². The second kappa shape index (κ2) is 19.3. The van der Waals surface area contributed by atoms with Crippen LogP contribution in [0.4, 0.5) is 5.69 Å². The van der Waals surface area contributed by atoms with E-state index in [0.717, 1.165) is 16.5 Å². The van der Waals surface area contributed by atoms with Crippen LogP contribution in [0.5, 0.6) is 0 Å². The highest BCUT2D eigenvalue weighted by Crippen LogP contribution is 2.37. The molecular formula is C42H67N3O9S. The molecule has 0 aromatic heterocycles. The average molecular weight is 790 g/mol. The molecular weight excluding hydrogens is 723 g/mol. The number of carbonyl (C=O) groups is 1. The number of esters is 1. The largest absolute Gasteiger partial charge is 0.459 e. The van der Waals surface area contributed by atoms with Gasteiger partial charge in [0.25, 0.3) is 0 Å². The molecule has 0 bridgehead atoms. The van der Waals surface area contributed by atoms with Crippen LogP contribution in [0.2, 0.25) is 0 Å². The van der Waals surface area contributed by atoms with E-state index in [2.05, 4.69) is 15.5 Å². The third-order valence-electron chi connectivity index (χ3n) is 11.9. The summed E-state index contributed by atoms with van der Waals surface area (Å²) in [7, 11) is 0. The summed E-state index contributed by atoms with van der Waals surface area (Å²) in [5.41, 5.74) is -2.48. The van der Waals surface area contributed by atoms with Crippen LogP contribution in [0.15, 0.2) is 42.5 Å². The number of thiocarbonyl (C=S) groups is 1. The molecule has 7 N–H and O–H groups in total. The molecule has 12 nitrogen and oxygen atoms in total. The lowest BCUT2D eigenvalue weighted by Crippen LogP contribution is -2.59. The number of nitrogens with zero attached hydrogens (tertiary/aromatic N) is 1. The molecule has 0 saturated carbocycles. The molecule has 0 spiro atoms. The lowest BCUT2D eigenvalue weighted by atomic mass is 9.78. The number of anilines is 1. The first-order chi connectivity index (χ1) is 25.8. The Morgan fingerprint density at radius 3 is 2.36 bits per heavy atom. The van der Waals surface area contributed by atoms with E-state index >= 15 is 0 Å². The number of benzene rings is 2. The zero-order valence-corrected chi connectivity index (χ0v) is 35.0. The van der Waals surface area contributed by atoms with Crippen molar-refractivity contribution in [2.24, 2.45) is 23.7 Å². The van der Waals surface area contributed by atoms with Crippen LogP contribution >= 0.6 is 12.2 Å². The molecule has 2 aliphatic heterocycles. The first-order valence-corrected chi connectivity index (χ1v) is 20.5. The Kier molecular flexibility index (Phi) is 15.9. The van der Waals surface area contributed by atoms with Gasteiger partial charge in [-0.25, -0.2) is 0 Å². The van der Waals surface area contributed by atoms with Crippen molar-refractivity contribution in [1.29, 1.82) is 0 Å². The Morgan fingerprint density at radius 2 is 1.67 bits per heavy atom. The van der Waals surface area contributed by atoms with Gasteiger partial charge in [-0.2, -0.15) is 0 Å². The van der Waals surface area contributed by atoms with E-state index in [1.165, 1.54) is 13.8 Å². The molecule has 0 radical (unpaired) electrons. The highest BCUT2D eigenvalue weighted by Gasteiger charge is 2.49. The number of hydrogen-bond acceptors (Lipinski definition) is 11. The van der Waals surface area contributed by atoms with E-state index in [1.807, 2.05) is 70.2 Å². The van der Waals surface area contributed by atoms with Crippen LogP contribution in [0, 0.1) is 23.7 Å². The van der Waals surface area contributed by atoms with Gasteiger partial charge in [0, 0.05) is 42.7 Å². The number of nitrogens with one attached hydrogen (secondary N) is 2. The molecule has 2 aliphatic rings. The van der Waals surface area contributed by atoms with Crippen molar-refractivity contribution < 1.29 is 44.5 Å². The topological polar surface area (TPSA) is 173 Å². The first-order valence-electron chi connectivity index (χ1n) is 20.0. The van der Waals surface area contributed by atoms with Crippen molar-refractivity contribution in [2.45, 2.75) is 148 Å². The van der Waals surface area contributed by atoms with E-state index < -0.39 is 71.9 Å². The van der Waals surface area contributed by atoms with Gasteiger partial charge in [0.1, 0.15) is 23.9 Å². The zero-order chi connectivity index (χ0) is 40.8. The molecule has 2 saturated heterocycles. The maximum Gasteiger partial charge on any atom is 0.311 e. The Morgan fingerprint density at radius 1 is 1.00 bits per heavy atom. The fraction of sp³-hybridized carbons (Fsp3) is 0.714. The summed E-state index contributed by atoms with van der Waals surface area (Å²) in [5, 5.41) is 67.8. The Bertz CT molecular complexity index is 1560. The van der Waals surface area contributed by atoms with Crippen LogP contribution in [-0.2, 0) is 19.0 Å². The van der Waals surface area contributed by atoms with Gasteiger partial charge < -0.3 is 50.4 Å². The third kappa shape index (κ3) is 11.1. The first kappa shape index (κ1) is 45.2. The molecule has 0 unspecified atom stereocenters. The molecule has 2 heterocycles. The Balaban J connectivity index is 1.58. The minimum absolute atomic E-state index is 0.118. The Labute approximate surface area is 332 Å². The molecule has 2 aromatic carbocycles. The average Bonchev–Trinajstić information content (AvgIpc) is 3.13. The minimum atomic E-state index is -1.83. The molecule has 55 heavy (non-hydrogen) atoms. The second-order valence-corrected chi connectivity index (χ2v) is 17.3. The van der Waals surface area contributed by atoms with E-state index in [-0.39, 0.29) is 30.8 Å². The fourth-order valence-corrected chi connectivity index (χ4v) is 8.85. The molecule has 4 rings (SSSR count). The molecule has 2 fully saturated rings. The number of carbonyl (C=O) groups excluding carboxylic acids is 1. The molecule has 2 aromatic rings. The van der Waals surface area contributed by atoms with Crippen molar-refractivity contribution in [3.05, 3.63) is 42.5 Å². The molecule has 0 amide bonds. The van der Waals surface area contributed by atoms with Crippen molar-refractivity contribution in [1.82, 2.24) is 10.2 Å². The SMILES string of the molecule is CC[C@H]1OC(=O)[C@H](C)[C@@H](O)[C@H](C)[C@@H](O[C@H]2O[C@@H](C)C[C@@H](C)[C@@H]2O)[C@](C)(O)C[C@@H](C)CN(CCCNC(=S)Nc2cccc3ccccc23)[C@H](C)[C@@H](O)[C@]1(C)O. The Hall–Kier alpha value is -2.46. The summed E-state index contributed by atoms with van der Waals surface area (Å²) in [5.74, 6) is -2.92. The molecule has 13 heteroatoms. The van der Waals surface area contributed by atoms with Crippen LogP contribution in [0.3, 0.4) is 0 Å². The van der Waals surface area contributed by atoms with Crippen molar-refractivity contribution in [3.63, 3.8) is 0 Å². The zero-order valence-electron chi connectivity index (χ0n) is 34.1. The summed E-state index contributed by atoms with van der Waals surface area (Å²) in [6, 6.07) is 13.5. The second-order valence-electron chi connectivity index (χ2n) is 16.9. The van der Waals surface area contributed by atoms with Crippen LogP contribution in [0.1, 0.15) is 88.0 Å². The summed E-state index contributed by atoms with van der Waals surface area (Å²) < 4.78 is 18.3. The van der Waals surface area contributed by atoms with Crippen molar-refractivity contribution >= 4 is 39.8 Å². The van der Waals surface area contributed by atoms with Gasteiger partial charge in [-0.15, -0.1) is 0 Å². The van der Waals surface area contributed by atoms with E-state index in [1.54, 1.807) is 20.8 Å². The fourth-order valence-electron chi connectivity index (χ4n) is 8.64. The number of aliphatic hydroxyl groups excluding tert-OH is 3. The van der Waals surface area contributed by atoms with Gasteiger partial charge in [-0.1, -0.05) is 64.1 Å². The smallest absolute Gasteiger partial charge is 0.311 e.